The van der Waals surface area contributed by atoms with Crippen molar-refractivity contribution in [2.45, 2.75) is 52.7 Å². The number of ketones is 1. The van der Waals surface area contributed by atoms with Gasteiger partial charge in [0.25, 0.3) is 0 Å². The van der Waals surface area contributed by atoms with Crippen LogP contribution in [0.5, 0.6) is 0 Å². The first-order chi connectivity index (χ1) is 14.5. The van der Waals surface area contributed by atoms with Gasteiger partial charge in [0.05, 0.1) is 25.9 Å². The normalized spacial score (nSPS) is 26.4. The van der Waals surface area contributed by atoms with Gasteiger partial charge in [-0.3, -0.25) is 4.79 Å². The number of ether oxygens (including phenoxy) is 4. The first kappa shape index (κ1) is 21.5. The molecule has 4 rings (SSSR count). The number of fused-ring (bicyclic) bond motifs is 1. The fourth-order valence-electron chi connectivity index (χ4n) is 5.35. The van der Waals surface area contributed by atoms with E-state index in [1.807, 2.05) is 0 Å². The molecule has 30 heavy (non-hydrogen) atoms. The lowest BCUT2D eigenvalue weighted by Gasteiger charge is -2.21. The highest BCUT2D eigenvalue weighted by Gasteiger charge is 2.52. The van der Waals surface area contributed by atoms with E-state index in [-0.39, 0.29) is 35.1 Å². The van der Waals surface area contributed by atoms with Crippen LogP contribution in [0.15, 0.2) is 17.9 Å². The fourth-order valence-corrected chi connectivity index (χ4v) is 5.43. The van der Waals surface area contributed by atoms with Crippen LogP contribution in [-0.4, -0.2) is 37.6 Å². The first-order valence-electron chi connectivity index (χ1n) is 10.9. The molecule has 6 heteroatoms. The first-order valence-corrected chi connectivity index (χ1v) is 11.3. The summed E-state index contributed by atoms with van der Waals surface area (Å²) in [6.45, 7) is 7.59. The summed E-state index contributed by atoms with van der Waals surface area (Å²) < 4.78 is 22.7. The van der Waals surface area contributed by atoms with Crippen molar-refractivity contribution >= 4 is 28.8 Å². The Morgan fingerprint density at radius 2 is 1.70 bits per heavy atom. The summed E-state index contributed by atoms with van der Waals surface area (Å²) in [6.07, 6.45) is 3.02. The largest absolute Gasteiger partial charge is 0.460 e. The molecule has 3 atom stereocenters. The Labute approximate surface area is 183 Å². The molecule has 0 amide bonds. The second kappa shape index (κ2) is 8.77. The van der Waals surface area contributed by atoms with E-state index in [0.29, 0.717) is 24.5 Å². The lowest BCUT2D eigenvalue weighted by Crippen LogP contribution is -2.21. The van der Waals surface area contributed by atoms with Gasteiger partial charge in [0.1, 0.15) is 5.76 Å². The highest BCUT2D eigenvalue weighted by atomic mass is 32.1. The molecule has 1 aromatic carbocycles. The number of carbonyl (C=O) groups is 1. The van der Waals surface area contributed by atoms with Gasteiger partial charge in [-0.15, -0.1) is 0 Å². The molecule has 0 N–H and O–H groups in total. The van der Waals surface area contributed by atoms with Crippen LogP contribution in [0.4, 0.5) is 0 Å². The van der Waals surface area contributed by atoms with Crippen molar-refractivity contribution in [3.05, 3.63) is 40.1 Å². The lowest BCUT2D eigenvalue weighted by molar-refractivity contribution is -0.117. The molecule has 0 spiro atoms. The van der Waals surface area contributed by atoms with Gasteiger partial charge in [-0.05, 0) is 49.3 Å². The quantitative estimate of drug-likeness (QED) is 0.647. The number of hydrogen-bond donors (Lipinski definition) is 0. The number of hydrogen-bond acceptors (Lipinski definition) is 6. The Hall–Kier alpha value is -1.76. The number of rotatable bonds is 5. The molecule has 0 bridgehead atoms. The summed E-state index contributed by atoms with van der Waals surface area (Å²) in [7, 11) is 1.50. The Bertz CT molecular complexity index is 859. The van der Waals surface area contributed by atoms with Crippen LogP contribution >= 0.6 is 12.2 Å². The van der Waals surface area contributed by atoms with Gasteiger partial charge >= 0.3 is 5.24 Å². The zero-order valence-corrected chi connectivity index (χ0v) is 19.0. The summed E-state index contributed by atoms with van der Waals surface area (Å²) in [5.41, 5.74) is 5.30. The van der Waals surface area contributed by atoms with Crippen LogP contribution in [0.25, 0.3) is 5.57 Å². The van der Waals surface area contributed by atoms with Crippen molar-refractivity contribution in [3.8, 4) is 0 Å². The van der Waals surface area contributed by atoms with E-state index in [1.165, 1.54) is 23.8 Å². The average molecular weight is 431 g/mol. The molecule has 162 valence electrons. The SMILES string of the molecule is CCc1cc(C)cc(CC)c1C1=C(OC(=S)OC)C2CC(C3OCCO3)CC2C1=O. The Kier molecular flexibility index (Phi) is 6.28. The second-order valence-electron chi connectivity index (χ2n) is 8.38. The molecule has 2 fully saturated rings. The third-order valence-corrected chi connectivity index (χ3v) is 6.87. The van der Waals surface area contributed by atoms with Crippen LogP contribution in [0.2, 0.25) is 0 Å². The maximum absolute atomic E-state index is 13.7. The molecule has 1 saturated carbocycles. The van der Waals surface area contributed by atoms with Crippen molar-refractivity contribution in [3.63, 3.8) is 0 Å². The van der Waals surface area contributed by atoms with E-state index in [4.69, 9.17) is 31.2 Å². The molecule has 0 aromatic heterocycles. The number of aryl methyl sites for hydroxylation is 3. The van der Waals surface area contributed by atoms with E-state index in [1.54, 1.807) is 0 Å². The van der Waals surface area contributed by atoms with Gasteiger partial charge in [0, 0.05) is 30.0 Å². The monoisotopic (exact) mass is 430 g/mol. The van der Waals surface area contributed by atoms with Crippen molar-refractivity contribution in [2.75, 3.05) is 20.3 Å². The van der Waals surface area contributed by atoms with E-state index in [2.05, 4.69) is 32.9 Å². The van der Waals surface area contributed by atoms with Crippen molar-refractivity contribution < 1.29 is 23.7 Å². The predicted molar refractivity (Wildman–Crippen MR) is 118 cm³/mol. The Balaban J connectivity index is 1.80. The van der Waals surface area contributed by atoms with Gasteiger partial charge < -0.3 is 18.9 Å². The highest BCUT2D eigenvalue weighted by Crippen LogP contribution is 2.53. The maximum atomic E-state index is 13.7. The minimum absolute atomic E-state index is 0.0193. The van der Waals surface area contributed by atoms with Crippen LogP contribution in [0.3, 0.4) is 0 Å². The standard InChI is InChI=1S/C24H30O5S/c1-5-14-9-13(3)10-15(6-2)19(14)20-21(25)17-11-16(23-27-7-8-28-23)12-18(17)22(20)29-24(30)26-4/h9-10,16-18,23H,5-8,11-12H2,1-4H3. The minimum atomic E-state index is -0.223. The lowest BCUT2D eigenvalue weighted by atomic mass is 9.87. The minimum Gasteiger partial charge on any atom is -0.460 e. The number of carbonyl (C=O) groups excluding carboxylic acids is 1. The third kappa shape index (κ3) is 3.70. The smallest absolute Gasteiger partial charge is 0.357 e. The number of allylic oxidation sites excluding steroid dienone is 2. The summed E-state index contributed by atoms with van der Waals surface area (Å²) in [4.78, 5) is 13.7. The summed E-state index contributed by atoms with van der Waals surface area (Å²) in [5.74, 6) is 0.877. The maximum Gasteiger partial charge on any atom is 0.357 e. The zero-order chi connectivity index (χ0) is 21.4. The molecular formula is C24H30O5S. The molecule has 1 aliphatic heterocycles. The molecule has 2 aliphatic carbocycles. The highest BCUT2D eigenvalue weighted by molar-refractivity contribution is 7.79. The van der Waals surface area contributed by atoms with Crippen molar-refractivity contribution in [2.24, 2.45) is 17.8 Å². The average Bonchev–Trinajstić information content (AvgIpc) is 3.46. The van der Waals surface area contributed by atoms with Crippen molar-refractivity contribution in [1.29, 1.82) is 0 Å². The van der Waals surface area contributed by atoms with E-state index in [9.17, 15) is 4.79 Å². The van der Waals surface area contributed by atoms with Crippen LogP contribution < -0.4 is 0 Å². The third-order valence-electron chi connectivity index (χ3n) is 6.62. The summed E-state index contributed by atoms with van der Waals surface area (Å²) in [5, 5.41) is 0.0518. The molecule has 1 saturated heterocycles. The molecule has 1 heterocycles. The van der Waals surface area contributed by atoms with Gasteiger partial charge in [-0.2, -0.15) is 0 Å². The van der Waals surface area contributed by atoms with Gasteiger partial charge in [0.15, 0.2) is 12.1 Å². The van der Waals surface area contributed by atoms with Gasteiger partial charge in [-0.1, -0.05) is 31.5 Å². The Morgan fingerprint density at radius 3 is 2.27 bits per heavy atom. The van der Waals surface area contributed by atoms with Crippen LogP contribution in [-0.2, 0) is 36.6 Å². The molecule has 5 nitrogen and oxygen atoms in total. The fraction of sp³-hybridized carbons (Fsp3) is 0.583. The number of thiocarbonyl (C=S) groups is 1. The van der Waals surface area contributed by atoms with E-state index >= 15 is 0 Å². The Morgan fingerprint density at radius 1 is 1.10 bits per heavy atom. The van der Waals surface area contributed by atoms with Crippen molar-refractivity contribution in [1.82, 2.24) is 0 Å². The predicted octanol–water partition coefficient (Wildman–Crippen LogP) is 4.38. The number of methoxy groups -OCH3 is 1. The molecule has 3 unspecified atom stereocenters. The molecule has 0 radical (unpaired) electrons. The molecule has 1 aromatic rings. The molecular weight excluding hydrogens is 400 g/mol. The summed E-state index contributed by atoms with van der Waals surface area (Å²) >= 11 is 5.23. The van der Waals surface area contributed by atoms with Crippen LogP contribution in [0, 0.1) is 24.7 Å². The second-order valence-corrected chi connectivity index (χ2v) is 8.71. The summed E-state index contributed by atoms with van der Waals surface area (Å²) in [6, 6.07) is 4.36. The van der Waals surface area contributed by atoms with E-state index in [0.717, 1.165) is 31.2 Å². The molecule has 3 aliphatic rings. The van der Waals surface area contributed by atoms with Gasteiger partial charge in [0.2, 0.25) is 0 Å². The number of Topliss-reactive ketones (excluding diaryl/α,β-unsaturated/α-hetero) is 1. The van der Waals surface area contributed by atoms with Crippen LogP contribution in [0.1, 0.15) is 48.9 Å². The topological polar surface area (TPSA) is 54.0 Å². The van der Waals surface area contributed by atoms with Gasteiger partial charge in [-0.25, -0.2) is 0 Å². The number of benzene rings is 1. The van der Waals surface area contributed by atoms with E-state index < -0.39 is 0 Å². The zero-order valence-electron chi connectivity index (χ0n) is 18.2.